The van der Waals surface area contributed by atoms with E-state index in [0.29, 0.717) is 21.3 Å². The molecule has 0 aliphatic carbocycles. The van der Waals surface area contributed by atoms with Crippen LogP contribution in [0.15, 0.2) is 98.1 Å². The summed E-state index contributed by atoms with van der Waals surface area (Å²) in [7, 11) is -3.89. The van der Waals surface area contributed by atoms with Gasteiger partial charge in [-0.15, -0.1) is 0 Å². The number of nitrogens with one attached hydrogen (secondary N) is 1. The lowest BCUT2D eigenvalue weighted by atomic mass is 9.83. The summed E-state index contributed by atoms with van der Waals surface area (Å²) in [5.41, 5.74) is 1.57. The molecular weight excluding hydrogens is 664 g/mol. The molecule has 1 fully saturated rings. The predicted octanol–water partition coefficient (Wildman–Crippen LogP) is 3.75. The molecule has 42 heavy (non-hydrogen) atoms. The molecule has 4 aromatic rings. The summed E-state index contributed by atoms with van der Waals surface area (Å²) in [4.78, 5) is 55.2. The lowest BCUT2D eigenvalue weighted by molar-refractivity contribution is -0.122. The van der Waals surface area contributed by atoms with Crippen LogP contribution in [-0.4, -0.2) is 36.0 Å². The fourth-order valence-corrected chi connectivity index (χ4v) is 8.74. The summed E-state index contributed by atoms with van der Waals surface area (Å²) in [5.74, 6) is -2.54. The first-order chi connectivity index (χ1) is 20.0. The van der Waals surface area contributed by atoms with Crippen LogP contribution in [0.4, 0.5) is 11.4 Å². The molecule has 3 atom stereocenters. The van der Waals surface area contributed by atoms with Crippen LogP contribution in [0.5, 0.6) is 0 Å². The first kappa shape index (κ1) is 28.6. The number of nitrogens with two attached hydrogens (primary N) is 1. The highest BCUT2D eigenvalue weighted by atomic mass is 79.9. The minimum atomic E-state index is -3.89. The number of carbonyl (C=O) groups excluding carboxylic acids is 3. The number of thioether (sulfide) groups is 1. The maximum Gasteiger partial charge on any atom is 0.308 e. The number of anilines is 2. The Hall–Kier alpha value is -3.56. The summed E-state index contributed by atoms with van der Waals surface area (Å²) in [6, 6.07) is 21.5. The van der Waals surface area contributed by atoms with Crippen LogP contribution < -0.4 is 20.2 Å². The molecule has 6 rings (SSSR count). The molecule has 1 saturated heterocycles. The summed E-state index contributed by atoms with van der Waals surface area (Å²) in [5, 5.41) is 7.46. The van der Waals surface area contributed by atoms with Crippen molar-refractivity contribution < 1.29 is 22.8 Å². The van der Waals surface area contributed by atoms with E-state index >= 15 is 0 Å². The highest BCUT2D eigenvalue weighted by molar-refractivity contribution is 9.10. The molecule has 14 heteroatoms. The smallest absolute Gasteiger partial charge is 0.308 e. The Morgan fingerprint density at radius 2 is 1.60 bits per heavy atom. The third-order valence-corrected chi connectivity index (χ3v) is 11.1. The van der Waals surface area contributed by atoms with Crippen molar-refractivity contribution in [2.75, 3.05) is 10.2 Å². The molecule has 214 valence electrons. The fourth-order valence-electron chi connectivity index (χ4n) is 5.19. The van der Waals surface area contributed by atoms with E-state index < -0.39 is 37.9 Å². The molecule has 0 spiro atoms. The molecule has 1 aromatic heterocycles. The van der Waals surface area contributed by atoms with Crippen molar-refractivity contribution in [2.45, 2.75) is 27.6 Å². The fraction of sp³-hybridized carbons (Fsp3) is 0.143. The zero-order valence-corrected chi connectivity index (χ0v) is 25.5. The van der Waals surface area contributed by atoms with Crippen LogP contribution in [0.1, 0.15) is 16.4 Å². The Morgan fingerprint density at radius 1 is 0.929 bits per heavy atom. The summed E-state index contributed by atoms with van der Waals surface area (Å²) in [6.07, 6.45) is 0. The van der Waals surface area contributed by atoms with Gasteiger partial charge >= 0.3 is 4.87 Å². The van der Waals surface area contributed by atoms with Crippen LogP contribution in [0, 0.1) is 5.92 Å². The van der Waals surface area contributed by atoms with E-state index in [-0.39, 0.29) is 23.3 Å². The normalized spacial score (nSPS) is 19.9. The molecule has 3 amide bonds. The van der Waals surface area contributed by atoms with E-state index in [4.69, 9.17) is 5.14 Å². The number of sulfonamides is 1. The Kier molecular flexibility index (Phi) is 7.43. The third kappa shape index (κ3) is 5.13. The van der Waals surface area contributed by atoms with Crippen molar-refractivity contribution in [3.05, 3.63) is 103 Å². The van der Waals surface area contributed by atoms with E-state index in [1.54, 1.807) is 24.3 Å². The molecule has 10 nitrogen and oxygen atoms in total. The van der Waals surface area contributed by atoms with Gasteiger partial charge in [-0.2, -0.15) is 0 Å². The molecule has 0 radical (unpaired) electrons. The molecule has 2 aliphatic heterocycles. The van der Waals surface area contributed by atoms with E-state index in [2.05, 4.69) is 21.2 Å². The van der Waals surface area contributed by atoms with Crippen LogP contribution in [-0.2, 0) is 31.0 Å². The van der Waals surface area contributed by atoms with Gasteiger partial charge in [0, 0.05) is 21.0 Å². The lowest BCUT2D eigenvalue weighted by Gasteiger charge is -2.30. The van der Waals surface area contributed by atoms with Crippen molar-refractivity contribution in [3.63, 3.8) is 0 Å². The molecular formula is C28H21BrN4O6S3. The van der Waals surface area contributed by atoms with E-state index in [0.717, 1.165) is 33.1 Å². The third-order valence-electron chi connectivity index (χ3n) is 7.06. The largest absolute Gasteiger partial charge is 0.325 e. The average molecular weight is 686 g/mol. The van der Waals surface area contributed by atoms with Gasteiger partial charge in [0.05, 0.1) is 21.5 Å². The first-order valence-corrected chi connectivity index (χ1v) is 16.6. The Labute approximate surface area is 256 Å². The summed E-state index contributed by atoms with van der Waals surface area (Å²) in [6.45, 7) is -0.341. The first-order valence-electron chi connectivity index (χ1n) is 12.5. The standard InChI is InChI=1S/C28H21BrN4O6S3/c29-16-6-10-18(11-7-16)33-25(35)22-21(15-4-2-1-3-5-15)24-27(40-23(22)26(33)36)32(28(37)41-24)14-20(34)31-17-8-12-19(13-9-17)42(30,38)39/h1-13,21-23H,14H2,(H,31,34)(H2,30,38,39)/t21-,22?,23?/m0/s1. The van der Waals surface area contributed by atoms with E-state index in [9.17, 15) is 27.6 Å². The Bertz CT molecular complexity index is 1890. The van der Waals surface area contributed by atoms with Gasteiger partial charge in [-0.3, -0.25) is 23.7 Å². The SMILES string of the molecule is NS(=O)(=O)c1ccc(NC(=O)Cn2c3c(sc2=O)[C@@H](c2ccccc2)C2C(=O)N(c4ccc(Br)cc4)C(=O)C2S3)cc1. The van der Waals surface area contributed by atoms with Gasteiger partial charge < -0.3 is 5.32 Å². The monoisotopic (exact) mass is 684 g/mol. The summed E-state index contributed by atoms with van der Waals surface area (Å²) < 4.78 is 25.2. The number of hydrogen-bond acceptors (Lipinski definition) is 8. The second-order valence-corrected chi connectivity index (χ2v) is 14.3. The van der Waals surface area contributed by atoms with Gasteiger partial charge in [0.2, 0.25) is 27.7 Å². The molecule has 0 bridgehead atoms. The van der Waals surface area contributed by atoms with Gasteiger partial charge in [-0.25, -0.2) is 18.5 Å². The van der Waals surface area contributed by atoms with Crippen LogP contribution in [0.25, 0.3) is 0 Å². The topological polar surface area (TPSA) is 149 Å². The second-order valence-electron chi connectivity index (χ2n) is 9.68. The van der Waals surface area contributed by atoms with Crippen molar-refractivity contribution in [3.8, 4) is 0 Å². The number of primary sulfonamides is 1. The van der Waals surface area contributed by atoms with Gasteiger partial charge in [0.1, 0.15) is 11.8 Å². The van der Waals surface area contributed by atoms with E-state index in [1.165, 1.54) is 33.7 Å². The summed E-state index contributed by atoms with van der Waals surface area (Å²) >= 11 is 5.47. The number of nitrogens with zero attached hydrogens (tertiary/aromatic N) is 2. The minimum absolute atomic E-state index is 0.102. The molecule has 2 unspecified atom stereocenters. The zero-order valence-electron chi connectivity index (χ0n) is 21.5. The highest BCUT2D eigenvalue weighted by Crippen LogP contribution is 2.53. The van der Waals surface area contributed by atoms with Crippen molar-refractivity contribution in [1.29, 1.82) is 0 Å². The van der Waals surface area contributed by atoms with Crippen molar-refractivity contribution in [1.82, 2.24) is 4.57 Å². The molecule has 2 aliphatic rings. The average Bonchev–Trinajstić information content (AvgIpc) is 3.40. The number of halogens is 1. The molecule has 3 N–H and O–H groups in total. The second kappa shape index (κ2) is 10.9. The maximum atomic E-state index is 13.9. The molecule has 3 aromatic carbocycles. The van der Waals surface area contributed by atoms with Crippen molar-refractivity contribution in [2.24, 2.45) is 11.1 Å². The van der Waals surface area contributed by atoms with Crippen LogP contribution >= 0.6 is 39.0 Å². The van der Waals surface area contributed by atoms with Gasteiger partial charge in [0.15, 0.2) is 0 Å². The lowest BCUT2D eigenvalue weighted by Crippen LogP contribution is -2.33. The number of benzene rings is 3. The number of hydrogen-bond donors (Lipinski definition) is 2. The number of aromatic nitrogens is 1. The minimum Gasteiger partial charge on any atom is -0.325 e. The number of amides is 3. The number of carbonyl (C=O) groups is 3. The zero-order chi connectivity index (χ0) is 29.8. The number of fused-ring (bicyclic) bond motifs is 2. The van der Waals surface area contributed by atoms with Gasteiger partial charge in [-0.1, -0.05) is 69.4 Å². The maximum absolute atomic E-state index is 13.9. The molecule has 0 saturated carbocycles. The quantitative estimate of drug-likeness (QED) is 0.294. The van der Waals surface area contributed by atoms with Gasteiger partial charge in [-0.05, 0) is 54.1 Å². The Morgan fingerprint density at radius 3 is 2.24 bits per heavy atom. The predicted molar refractivity (Wildman–Crippen MR) is 163 cm³/mol. The van der Waals surface area contributed by atoms with Gasteiger partial charge in [0.25, 0.3) is 0 Å². The van der Waals surface area contributed by atoms with E-state index in [1.807, 2.05) is 30.3 Å². The number of thiazole rings is 1. The number of imide groups is 1. The Balaban J connectivity index is 1.35. The van der Waals surface area contributed by atoms with Crippen molar-refractivity contribution >= 4 is 78.1 Å². The number of rotatable bonds is 6. The molecule has 3 heterocycles. The van der Waals surface area contributed by atoms with Crippen LogP contribution in [0.2, 0.25) is 0 Å². The van der Waals surface area contributed by atoms with Crippen LogP contribution in [0.3, 0.4) is 0 Å². The highest BCUT2D eigenvalue weighted by Gasteiger charge is 2.56.